The van der Waals surface area contributed by atoms with Gasteiger partial charge in [0, 0.05) is 44.2 Å². The molecule has 0 aliphatic heterocycles. The second kappa shape index (κ2) is 11.4. The lowest BCUT2D eigenvalue weighted by Gasteiger charge is -2.22. The zero-order valence-electron chi connectivity index (χ0n) is 33.4. The smallest absolute Gasteiger partial charge is 0.0620 e. The molecule has 12 aromatic rings. The van der Waals surface area contributed by atoms with Crippen LogP contribution in [0, 0.1) is 0 Å². The summed E-state index contributed by atoms with van der Waals surface area (Å²) in [7, 11) is 0. The second-order valence-corrected chi connectivity index (χ2v) is 17.6. The predicted octanol–water partition coefficient (Wildman–Crippen LogP) is 15.1. The highest BCUT2D eigenvalue weighted by Crippen LogP contribution is 2.51. The van der Waals surface area contributed by atoms with Crippen molar-refractivity contribution in [3.63, 3.8) is 0 Å². The molecule has 0 radical (unpaired) electrons. The van der Waals surface area contributed by atoms with Crippen LogP contribution in [0.15, 0.2) is 182 Å². The highest BCUT2D eigenvalue weighted by atomic mass is 15.0. The Balaban J connectivity index is 0.906. The number of aromatic nitrogens is 2. The summed E-state index contributed by atoms with van der Waals surface area (Å²) in [4.78, 5) is 0. The standard InChI is InChI=1S/C58H38N2/c1-58(2)50-20-6-3-12-40(50)41-27-25-36(31-51(41)58)37-15-9-16-38-39-17-11-23-54(49(39)33-47(37)38)59-52-21-7-5-14-43(52)48-30-34(26-29-55(48)59)35-24-28-44-46-19-10-18-45-42-13-4-8-22-53(42)60(57(45)46)56(44)32-35/h3-32H,33H2,1-2H3. The third-order valence-corrected chi connectivity index (χ3v) is 14.3. The van der Waals surface area contributed by atoms with Crippen LogP contribution in [0.2, 0.25) is 0 Å². The van der Waals surface area contributed by atoms with Gasteiger partial charge in [0.25, 0.3) is 0 Å². The second-order valence-electron chi connectivity index (χ2n) is 17.6. The van der Waals surface area contributed by atoms with Crippen LogP contribution in [0.5, 0.6) is 0 Å². The molecule has 0 saturated carbocycles. The van der Waals surface area contributed by atoms with Crippen molar-refractivity contribution in [2.24, 2.45) is 0 Å². The first-order valence-electron chi connectivity index (χ1n) is 21.2. The van der Waals surface area contributed by atoms with E-state index in [1.807, 2.05) is 0 Å². The zero-order valence-corrected chi connectivity index (χ0v) is 33.4. The zero-order chi connectivity index (χ0) is 39.4. The van der Waals surface area contributed by atoms with Crippen molar-refractivity contribution in [2.75, 3.05) is 0 Å². The Morgan fingerprint density at radius 3 is 1.82 bits per heavy atom. The molecule has 2 nitrogen and oxygen atoms in total. The van der Waals surface area contributed by atoms with Gasteiger partial charge in [-0.1, -0.05) is 153 Å². The van der Waals surface area contributed by atoms with E-state index in [-0.39, 0.29) is 5.41 Å². The molecular weight excluding hydrogens is 725 g/mol. The highest BCUT2D eigenvalue weighted by Gasteiger charge is 2.36. The number of para-hydroxylation sites is 3. The van der Waals surface area contributed by atoms with Crippen LogP contribution in [0.3, 0.4) is 0 Å². The van der Waals surface area contributed by atoms with Gasteiger partial charge in [-0.3, -0.25) is 0 Å². The first-order valence-corrected chi connectivity index (χ1v) is 21.2. The van der Waals surface area contributed by atoms with Crippen molar-refractivity contribution in [3.8, 4) is 50.2 Å². The van der Waals surface area contributed by atoms with Crippen molar-refractivity contribution in [2.45, 2.75) is 25.7 Å². The summed E-state index contributed by atoms with van der Waals surface area (Å²) in [5, 5.41) is 7.80. The Morgan fingerprint density at radius 1 is 0.367 bits per heavy atom. The Bertz CT molecular complexity index is 3830. The maximum Gasteiger partial charge on any atom is 0.0620 e. The summed E-state index contributed by atoms with van der Waals surface area (Å²) in [5.41, 5.74) is 23.7. The van der Waals surface area contributed by atoms with Crippen molar-refractivity contribution < 1.29 is 0 Å². The summed E-state index contributed by atoms with van der Waals surface area (Å²) in [6.07, 6.45) is 0.892. The van der Waals surface area contributed by atoms with E-state index in [4.69, 9.17) is 0 Å². The van der Waals surface area contributed by atoms with Crippen molar-refractivity contribution in [1.29, 1.82) is 0 Å². The van der Waals surface area contributed by atoms with Crippen molar-refractivity contribution in [1.82, 2.24) is 8.97 Å². The predicted molar refractivity (Wildman–Crippen MR) is 252 cm³/mol. The van der Waals surface area contributed by atoms with E-state index < -0.39 is 0 Å². The van der Waals surface area contributed by atoms with Gasteiger partial charge in [-0.15, -0.1) is 0 Å². The molecule has 0 spiro atoms. The Hall–Kier alpha value is -7.42. The van der Waals surface area contributed by atoms with Crippen LogP contribution < -0.4 is 0 Å². The quantitative estimate of drug-likeness (QED) is 0.170. The Morgan fingerprint density at radius 2 is 0.950 bits per heavy atom. The van der Waals surface area contributed by atoms with Gasteiger partial charge in [-0.2, -0.15) is 0 Å². The minimum Gasteiger partial charge on any atom is -0.309 e. The van der Waals surface area contributed by atoms with Crippen molar-refractivity contribution >= 4 is 59.9 Å². The van der Waals surface area contributed by atoms with Crippen LogP contribution in [0.25, 0.3) is 110 Å². The summed E-state index contributed by atoms with van der Waals surface area (Å²) in [5.74, 6) is 0. The molecule has 0 unspecified atom stereocenters. The van der Waals surface area contributed by atoms with Crippen LogP contribution in [-0.2, 0) is 11.8 Å². The fourth-order valence-corrected chi connectivity index (χ4v) is 11.6. The SMILES string of the molecule is CC1(C)c2ccccc2-c2ccc(-c3cccc4c3Cc3c-4cccc3-n3c4ccccc4c4cc(-c5ccc6c7cccc8c9ccccc9n(c6c5)c87)ccc43)cc21. The van der Waals surface area contributed by atoms with Crippen LogP contribution in [-0.4, -0.2) is 8.97 Å². The van der Waals surface area contributed by atoms with Gasteiger partial charge in [0.15, 0.2) is 0 Å². The van der Waals surface area contributed by atoms with Gasteiger partial charge in [0.1, 0.15) is 0 Å². The largest absolute Gasteiger partial charge is 0.309 e. The molecule has 280 valence electrons. The lowest BCUT2D eigenvalue weighted by Crippen LogP contribution is -2.14. The summed E-state index contributed by atoms with van der Waals surface area (Å²) < 4.78 is 5.00. The molecule has 9 aromatic carbocycles. The van der Waals surface area contributed by atoms with E-state index in [1.165, 1.54) is 132 Å². The topological polar surface area (TPSA) is 9.34 Å². The van der Waals surface area contributed by atoms with E-state index in [9.17, 15) is 0 Å². The van der Waals surface area contributed by atoms with Gasteiger partial charge in [-0.05, 0) is 109 Å². The molecule has 3 heterocycles. The summed E-state index contributed by atoms with van der Waals surface area (Å²) in [6.45, 7) is 4.75. The van der Waals surface area contributed by atoms with E-state index in [1.54, 1.807) is 0 Å². The van der Waals surface area contributed by atoms with Gasteiger partial charge in [0.2, 0.25) is 0 Å². The van der Waals surface area contributed by atoms with E-state index in [0.29, 0.717) is 0 Å². The van der Waals surface area contributed by atoms with E-state index in [2.05, 4.69) is 205 Å². The summed E-state index contributed by atoms with van der Waals surface area (Å²) in [6, 6.07) is 68.6. The lowest BCUT2D eigenvalue weighted by atomic mass is 9.81. The molecule has 3 aromatic heterocycles. The van der Waals surface area contributed by atoms with Crippen molar-refractivity contribution in [3.05, 3.63) is 204 Å². The first kappa shape index (κ1) is 32.5. The number of hydrogen-bond acceptors (Lipinski definition) is 0. The van der Waals surface area contributed by atoms with Gasteiger partial charge in [-0.25, -0.2) is 0 Å². The van der Waals surface area contributed by atoms with Gasteiger partial charge in [0.05, 0.1) is 33.3 Å². The Labute approximate surface area is 347 Å². The third kappa shape index (κ3) is 4.08. The number of nitrogens with zero attached hydrogens (tertiary/aromatic N) is 2. The monoisotopic (exact) mass is 762 g/mol. The molecule has 0 N–H and O–H groups in total. The number of hydrogen-bond donors (Lipinski definition) is 0. The molecule has 2 aliphatic carbocycles. The number of fused-ring (bicyclic) bond motifs is 15. The van der Waals surface area contributed by atoms with Gasteiger partial charge >= 0.3 is 0 Å². The van der Waals surface area contributed by atoms with Gasteiger partial charge < -0.3 is 8.97 Å². The summed E-state index contributed by atoms with van der Waals surface area (Å²) >= 11 is 0. The van der Waals surface area contributed by atoms with Crippen LogP contribution in [0.1, 0.15) is 36.1 Å². The maximum absolute atomic E-state index is 2.52. The van der Waals surface area contributed by atoms with Crippen LogP contribution >= 0.6 is 0 Å². The molecule has 0 atom stereocenters. The maximum atomic E-state index is 2.52. The molecule has 60 heavy (non-hydrogen) atoms. The molecule has 0 bridgehead atoms. The average Bonchev–Trinajstić information content (AvgIpc) is 4.08. The normalized spacial score (nSPS) is 13.9. The average molecular weight is 763 g/mol. The molecule has 0 saturated heterocycles. The molecular formula is C58H38N2. The Kier molecular flexibility index (Phi) is 6.18. The third-order valence-electron chi connectivity index (χ3n) is 14.3. The van der Waals surface area contributed by atoms with E-state index >= 15 is 0 Å². The lowest BCUT2D eigenvalue weighted by molar-refractivity contribution is 0.660. The number of benzene rings is 9. The fraction of sp³-hybridized carbons (Fsp3) is 0.0690. The first-order chi connectivity index (χ1) is 29.5. The highest BCUT2D eigenvalue weighted by molar-refractivity contribution is 6.23. The molecule has 0 amide bonds. The molecule has 14 rings (SSSR count). The van der Waals surface area contributed by atoms with E-state index in [0.717, 1.165) is 6.42 Å². The van der Waals surface area contributed by atoms with Crippen LogP contribution in [0.4, 0.5) is 0 Å². The molecule has 2 aliphatic rings. The fourth-order valence-electron chi connectivity index (χ4n) is 11.6. The molecule has 0 fully saturated rings. The minimum atomic E-state index is -0.0387. The minimum absolute atomic E-state index is 0.0387. The number of rotatable bonds is 3. The molecule has 2 heteroatoms.